The Kier molecular flexibility index (Phi) is 4.25. The van der Waals surface area contributed by atoms with E-state index in [4.69, 9.17) is 4.74 Å². The number of carbonyl (C=O) groups excluding carboxylic acids is 3. The number of cyclic esters (lactones) is 1. The first kappa shape index (κ1) is 17.4. The van der Waals surface area contributed by atoms with Gasteiger partial charge in [-0.15, -0.1) is 0 Å². The molecule has 8 heteroatoms. The molecule has 8 nitrogen and oxygen atoms in total. The molecule has 27 heavy (non-hydrogen) atoms. The summed E-state index contributed by atoms with van der Waals surface area (Å²) in [6.45, 7) is 3.47. The summed E-state index contributed by atoms with van der Waals surface area (Å²) in [5.41, 5.74) is 2.93. The van der Waals surface area contributed by atoms with Crippen molar-refractivity contribution in [3.63, 3.8) is 0 Å². The van der Waals surface area contributed by atoms with Crippen LogP contribution in [-0.4, -0.2) is 73.2 Å². The molecule has 4 rings (SSSR count). The van der Waals surface area contributed by atoms with Gasteiger partial charge in [-0.1, -0.05) is 18.2 Å². The number of hydrogen-bond donors (Lipinski definition) is 1. The second kappa shape index (κ2) is 6.61. The number of carbonyl (C=O) groups is 3. The molecule has 4 amide bonds. The Balaban J connectivity index is 1.43. The lowest BCUT2D eigenvalue weighted by molar-refractivity contribution is -0.119. The molecular formula is C19H22N4O4. The maximum atomic E-state index is 12.1. The quantitative estimate of drug-likeness (QED) is 0.866. The van der Waals surface area contributed by atoms with Crippen LogP contribution in [-0.2, 0) is 9.53 Å². The molecule has 3 aliphatic heterocycles. The van der Waals surface area contributed by atoms with Crippen molar-refractivity contribution in [2.24, 2.45) is 0 Å². The lowest BCUT2D eigenvalue weighted by atomic mass is 10.1. The number of nitrogens with zero attached hydrogens (tertiary/aromatic N) is 3. The first-order valence-corrected chi connectivity index (χ1v) is 8.98. The largest absolute Gasteiger partial charge is 0.442 e. The SMILES string of the molecule is CC(=O)NC[C@H]1CN(c2ccc(C3=CC4CN(C)C(=O)N4C3)cc2)C(=O)O1. The van der Waals surface area contributed by atoms with Crippen molar-refractivity contribution in [2.45, 2.75) is 19.1 Å². The van der Waals surface area contributed by atoms with Crippen molar-refractivity contribution in [1.29, 1.82) is 0 Å². The number of likely N-dealkylation sites (N-methyl/N-ethyl adjacent to an activating group) is 1. The molecule has 2 fully saturated rings. The molecule has 0 aliphatic carbocycles. The molecule has 2 atom stereocenters. The normalized spacial score (nSPS) is 24.2. The average Bonchev–Trinajstić information content (AvgIpc) is 3.29. The standard InChI is InChI=1S/C19H22N4O4/c1-12(24)20-8-17-11-23(19(26)27-17)15-5-3-13(4-6-15)14-7-16-10-21(2)18(25)22(16)9-14/h3-7,16-17H,8-11H2,1-2H3,(H,20,24)/t16?,17-/m0/s1. The molecule has 3 heterocycles. The van der Waals surface area contributed by atoms with Crippen LogP contribution in [0.25, 0.3) is 5.57 Å². The van der Waals surface area contributed by atoms with E-state index in [1.54, 1.807) is 9.80 Å². The Morgan fingerprint density at radius 2 is 1.96 bits per heavy atom. The van der Waals surface area contributed by atoms with Crippen molar-refractivity contribution >= 4 is 29.3 Å². The Hall–Kier alpha value is -3.03. The minimum Gasteiger partial charge on any atom is -0.442 e. The van der Waals surface area contributed by atoms with E-state index in [-0.39, 0.29) is 24.1 Å². The molecule has 0 aromatic heterocycles. The zero-order valence-electron chi connectivity index (χ0n) is 15.3. The third-order valence-electron chi connectivity index (χ3n) is 5.17. The first-order chi connectivity index (χ1) is 12.9. The molecule has 3 aliphatic rings. The van der Waals surface area contributed by atoms with Gasteiger partial charge in [0.25, 0.3) is 0 Å². The highest BCUT2D eigenvalue weighted by Crippen LogP contribution is 2.31. The van der Waals surface area contributed by atoms with Gasteiger partial charge in [0.05, 0.1) is 19.1 Å². The number of ether oxygens (including phenoxy) is 1. The Morgan fingerprint density at radius 1 is 1.22 bits per heavy atom. The van der Waals surface area contributed by atoms with Gasteiger partial charge in [0.1, 0.15) is 6.10 Å². The fourth-order valence-electron chi connectivity index (χ4n) is 3.75. The van der Waals surface area contributed by atoms with E-state index in [9.17, 15) is 14.4 Å². The molecule has 0 saturated carbocycles. The number of benzene rings is 1. The second-order valence-corrected chi connectivity index (χ2v) is 7.15. The highest BCUT2D eigenvalue weighted by molar-refractivity contribution is 5.90. The monoisotopic (exact) mass is 370 g/mol. The van der Waals surface area contributed by atoms with Crippen LogP contribution < -0.4 is 10.2 Å². The van der Waals surface area contributed by atoms with Crippen LogP contribution in [0.5, 0.6) is 0 Å². The summed E-state index contributed by atoms with van der Waals surface area (Å²) in [6, 6.07) is 7.90. The van der Waals surface area contributed by atoms with Crippen LogP contribution >= 0.6 is 0 Å². The van der Waals surface area contributed by atoms with Gasteiger partial charge in [0.2, 0.25) is 5.91 Å². The summed E-state index contributed by atoms with van der Waals surface area (Å²) in [6.07, 6.45) is 1.38. The van der Waals surface area contributed by atoms with Crippen LogP contribution in [0.4, 0.5) is 15.3 Å². The Morgan fingerprint density at radius 3 is 2.63 bits per heavy atom. The molecule has 142 valence electrons. The lowest BCUT2D eigenvalue weighted by Gasteiger charge is -2.16. The first-order valence-electron chi connectivity index (χ1n) is 8.98. The molecule has 1 aromatic carbocycles. The van der Waals surface area contributed by atoms with Gasteiger partial charge in [0.15, 0.2) is 0 Å². The molecule has 0 bridgehead atoms. The predicted octanol–water partition coefficient (Wildman–Crippen LogP) is 1.28. The number of fused-ring (bicyclic) bond motifs is 1. The van der Waals surface area contributed by atoms with Gasteiger partial charge in [-0.2, -0.15) is 0 Å². The van der Waals surface area contributed by atoms with Gasteiger partial charge < -0.3 is 19.9 Å². The number of urea groups is 1. The number of hydrogen-bond acceptors (Lipinski definition) is 4. The maximum Gasteiger partial charge on any atom is 0.414 e. The van der Waals surface area contributed by atoms with Crippen LogP contribution in [0.2, 0.25) is 0 Å². The number of anilines is 1. The van der Waals surface area contributed by atoms with Crippen molar-refractivity contribution in [1.82, 2.24) is 15.1 Å². The third kappa shape index (κ3) is 3.22. The summed E-state index contributed by atoms with van der Waals surface area (Å²) in [5.74, 6) is -0.149. The fourth-order valence-corrected chi connectivity index (χ4v) is 3.75. The summed E-state index contributed by atoms with van der Waals surface area (Å²) in [7, 11) is 1.82. The van der Waals surface area contributed by atoms with E-state index in [0.29, 0.717) is 19.6 Å². The predicted molar refractivity (Wildman–Crippen MR) is 99.2 cm³/mol. The van der Waals surface area contributed by atoms with Gasteiger partial charge in [-0.05, 0) is 23.3 Å². The highest BCUT2D eigenvalue weighted by Gasteiger charge is 2.38. The molecule has 1 aromatic rings. The third-order valence-corrected chi connectivity index (χ3v) is 5.17. The van der Waals surface area contributed by atoms with Crippen molar-refractivity contribution in [3.8, 4) is 0 Å². The van der Waals surface area contributed by atoms with Gasteiger partial charge in [0, 0.05) is 32.7 Å². The van der Waals surface area contributed by atoms with Gasteiger partial charge >= 0.3 is 12.1 Å². The van der Waals surface area contributed by atoms with Crippen molar-refractivity contribution < 1.29 is 19.1 Å². The highest BCUT2D eigenvalue weighted by atomic mass is 16.6. The summed E-state index contributed by atoms with van der Waals surface area (Å²) in [5, 5.41) is 2.67. The van der Waals surface area contributed by atoms with E-state index in [0.717, 1.165) is 23.4 Å². The zero-order chi connectivity index (χ0) is 19.1. The topological polar surface area (TPSA) is 82.2 Å². The van der Waals surface area contributed by atoms with Crippen molar-refractivity contribution in [3.05, 3.63) is 35.9 Å². The van der Waals surface area contributed by atoms with Crippen LogP contribution in [0.15, 0.2) is 30.3 Å². The molecule has 0 spiro atoms. The Labute approximate surface area is 157 Å². The number of amides is 4. The molecule has 2 saturated heterocycles. The smallest absolute Gasteiger partial charge is 0.414 e. The van der Waals surface area contributed by atoms with Crippen LogP contribution in [0, 0.1) is 0 Å². The van der Waals surface area contributed by atoms with E-state index < -0.39 is 6.09 Å². The van der Waals surface area contributed by atoms with Gasteiger partial charge in [-0.3, -0.25) is 9.69 Å². The Bertz CT molecular complexity index is 820. The minimum atomic E-state index is -0.410. The van der Waals surface area contributed by atoms with Crippen molar-refractivity contribution in [2.75, 3.05) is 38.1 Å². The van der Waals surface area contributed by atoms with E-state index in [1.165, 1.54) is 6.92 Å². The number of nitrogens with one attached hydrogen (secondary N) is 1. The summed E-state index contributed by atoms with van der Waals surface area (Å²) >= 11 is 0. The number of rotatable bonds is 4. The van der Waals surface area contributed by atoms with Gasteiger partial charge in [-0.25, -0.2) is 9.59 Å². The van der Waals surface area contributed by atoms with E-state index in [1.807, 2.05) is 36.2 Å². The fraction of sp³-hybridized carbons (Fsp3) is 0.421. The lowest BCUT2D eigenvalue weighted by Crippen LogP contribution is -2.33. The minimum absolute atomic E-state index is 0.0629. The molecule has 1 N–H and O–H groups in total. The molecule has 1 unspecified atom stereocenters. The maximum absolute atomic E-state index is 12.1. The zero-order valence-corrected chi connectivity index (χ0v) is 15.3. The van der Waals surface area contributed by atoms with E-state index >= 15 is 0 Å². The second-order valence-electron chi connectivity index (χ2n) is 7.15. The van der Waals surface area contributed by atoms with E-state index in [2.05, 4.69) is 11.4 Å². The average molecular weight is 370 g/mol. The summed E-state index contributed by atoms with van der Waals surface area (Å²) < 4.78 is 5.29. The summed E-state index contributed by atoms with van der Waals surface area (Å²) in [4.78, 5) is 40.4. The van der Waals surface area contributed by atoms with Crippen LogP contribution in [0.1, 0.15) is 12.5 Å². The molecular weight excluding hydrogens is 348 g/mol. The molecule has 0 radical (unpaired) electrons. The van der Waals surface area contributed by atoms with Crippen LogP contribution in [0.3, 0.4) is 0 Å².